The van der Waals surface area contributed by atoms with Gasteiger partial charge >= 0.3 is 0 Å². The van der Waals surface area contributed by atoms with E-state index >= 15 is 0 Å². The number of rotatable bonds is 3. The second-order valence-electron chi connectivity index (χ2n) is 8.47. The van der Waals surface area contributed by atoms with Crippen LogP contribution >= 0.6 is 0 Å². The number of aryl methyl sites for hydroxylation is 1. The normalized spacial score (nSPS) is 16.2. The third-order valence-corrected chi connectivity index (χ3v) is 6.41. The lowest BCUT2D eigenvalue weighted by Gasteiger charge is -2.25. The van der Waals surface area contributed by atoms with Gasteiger partial charge in [0.25, 0.3) is 5.91 Å². The van der Waals surface area contributed by atoms with Crippen LogP contribution in [0.4, 0.5) is 11.4 Å². The fourth-order valence-electron chi connectivity index (χ4n) is 4.72. The first-order valence-electron chi connectivity index (χ1n) is 11.1. The van der Waals surface area contributed by atoms with Crippen molar-refractivity contribution in [2.24, 2.45) is 0 Å². The lowest BCUT2D eigenvalue weighted by molar-refractivity contribution is 0.0767. The van der Waals surface area contributed by atoms with Gasteiger partial charge in [-0.25, -0.2) is 0 Å². The number of fused-ring (bicyclic) bond motifs is 1. The maximum Gasteiger partial charge on any atom is 0.253 e. The van der Waals surface area contributed by atoms with Gasteiger partial charge in [-0.15, -0.1) is 0 Å². The standard InChI is InChI=1S/C26H28N4O/c1-20-17-27-11-10-25(20)28-12-5-13-29(15-14-28)26(31)21-8-4-9-24(16-21)30-18-22-6-2-3-7-23(22)19-30/h2-4,6-11,16-17H,5,12-15,18-19H2,1H3. The fraction of sp³-hybridized carbons (Fsp3) is 0.308. The average Bonchev–Trinajstić information content (AvgIpc) is 3.10. The molecular weight excluding hydrogens is 384 g/mol. The highest BCUT2D eigenvalue weighted by molar-refractivity contribution is 5.95. The average molecular weight is 413 g/mol. The zero-order valence-electron chi connectivity index (χ0n) is 18.0. The highest BCUT2D eigenvalue weighted by Gasteiger charge is 2.23. The third-order valence-electron chi connectivity index (χ3n) is 6.41. The van der Waals surface area contributed by atoms with E-state index in [9.17, 15) is 4.79 Å². The lowest BCUT2D eigenvalue weighted by Crippen LogP contribution is -2.35. The molecule has 2 aliphatic heterocycles. The number of benzene rings is 2. The molecule has 0 radical (unpaired) electrons. The Morgan fingerprint density at radius 2 is 1.68 bits per heavy atom. The first-order valence-corrected chi connectivity index (χ1v) is 11.1. The van der Waals surface area contributed by atoms with Crippen LogP contribution in [0.1, 0.15) is 33.5 Å². The smallest absolute Gasteiger partial charge is 0.253 e. The van der Waals surface area contributed by atoms with Crippen LogP contribution < -0.4 is 9.80 Å². The first kappa shape index (κ1) is 19.6. The molecule has 2 aromatic carbocycles. The highest BCUT2D eigenvalue weighted by atomic mass is 16.2. The number of carbonyl (C=O) groups excluding carboxylic acids is 1. The number of amides is 1. The Kier molecular flexibility index (Phi) is 5.33. The highest BCUT2D eigenvalue weighted by Crippen LogP contribution is 2.29. The van der Waals surface area contributed by atoms with Crippen LogP contribution in [-0.2, 0) is 13.1 Å². The summed E-state index contributed by atoms with van der Waals surface area (Å²) in [6.07, 6.45) is 4.72. The van der Waals surface area contributed by atoms with Gasteiger partial charge in [0.1, 0.15) is 0 Å². The molecule has 3 heterocycles. The number of aromatic nitrogens is 1. The van der Waals surface area contributed by atoms with E-state index in [-0.39, 0.29) is 5.91 Å². The molecule has 158 valence electrons. The van der Waals surface area contributed by atoms with Crippen molar-refractivity contribution >= 4 is 17.3 Å². The van der Waals surface area contributed by atoms with Gasteiger partial charge in [0, 0.05) is 68.6 Å². The molecule has 1 amide bonds. The molecule has 31 heavy (non-hydrogen) atoms. The first-order chi connectivity index (χ1) is 15.2. The summed E-state index contributed by atoms with van der Waals surface area (Å²) in [5, 5.41) is 0. The molecule has 5 heteroatoms. The van der Waals surface area contributed by atoms with Gasteiger partial charge in [0.2, 0.25) is 0 Å². The summed E-state index contributed by atoms with van der Waals surface area (Å²) in [6, 6.07) is 18.8. The Morgan fingerprint density at radius 3 is 2.45 bits per heavy atom. The van der Waals surface area contributed by atoms with Gasteiger partial charge in [-0.3, -0.25) is 9.78 Å². The molecule has 2 aliphatic rings. The SMILES string of the molecule is Cc1cnccc1N1CCCN(C(=O)c2cccc(N3Cc4ccccc4C3)c2)CC1. The van der Waals surface area contributed by atoms with Crippen molar-refractivity contribution in [3.05, 3.63) is 89.2 Å². The third kappa shape index (κ3) is 4.00. The van der Waals surface area contributed by atoms with Crippen LogP contribution in [0.3, 0.4) is 0 Å². The second-order valence-corrected chi connectivity index (χ2v) is 8.47. The number of anilines is 2. The monoisotopic (exact) mass is 412 g/mol. The van der Waals surface area contributed by atoms with Gasteiger partial charge in [-0.2, -0.15) is 0 Å². The zero-order valence-corrected chi connectivity index (χ0v) is 18.0. The van der Waals surface area contributed by atoms with Gasteiger partial charge in [-0.05, 0) is 54.3 Å². The molecular formula is C26H28N4O. The summed E-state index contributed by atoms with van der Waals surface area (Å²) < 4.78 is 0. The molecule has 1 fully saturated rings. The van der Waals surface area contributed by atoms with E-state index in [0.29, 0.717) is 0 Å². The van der Waals surface area contributed by atoms with E-state index in [0.717, 1.165) is 56.9 Å². The molecule has 0 atom stereocenters. The summed E-state index contributed by atoms with van der Waals surface area (Å²) in [5.41, 5.74) is 7.05. The van der Waals surface area contributed by atoms with Crippen LogP contribution in [0.25, 0.3) is 0 Å². The summed E-state index contributed by atoms with van der Waals surface area (Å²) in [6.45, 7) is 7.23. The summed E-state index contributed by atoms with van der Waals surface area (Å²) >= 11 is 0. The maximum atomic E-state index is 13.3. The van der Waals surface area contributed by atoms with E-state index in [4.69, 9.17) is 0 Å². The number of carbonyl (C=O) groups is 1. The van der Waals surface area contributed by atoms with E-state index in [2.05, 4.69) is 64.2 Å². The van der Waals surface area contributed by atoms with Gasteiger partial charge in [0.05, 0.1) is 0 Å². The van der Waals surface area contributed by atoms with E-state index in [1.807, 2.05) is 29.4 Å². The predicted octanol–water partition coefficient (Wildman–Crippen LogP) is 4.26. The predicted molar refractivity (Wildman–Crippen MR) is 124 cm³/mol. The number of pyridine rings is 1. The molecule has 5 nitrogen and oxygen atoms in total. The minimum atomic E-state index is 0.131. The molecule has 0 N–H and O–H groups in total. The summed E-state index contributed by atoms with van der Waals surface area (Å²) in [7, 11) is 0. The molecule has 5 rings (SSSR count). The molecule has 1 aromatic heterocycles. The second kappa shape index (κ2) is 8.42. The molecule has 3 aromatic rings. The Labute approximate surface area is 183 Å². The van der Waals surface area contributed by atoms with Crippen LogP contribution in [0, 0.1) is 6.92 Å². The molecule has 0 saturated carbocycles. The number of nitrogens with zero attached hydrogens (tertiary/aromatic N) is 4. The van der Waals surface area contributed by atoms with Gasteiger partial charge in [0.15, 0.2) is 0 Å². The van der Waals surface area contributed by atoms with E-state index < -0.39 is 0 Å². The molecule has 0 bridgehead atoms. The van der Waals surface area contributed by atoms with Crippen molar-refractivity contribution in [2.45, 2.75) is 26.4 Å². The molecule has 1 saturated heterocycles. The maximum absolute atomic E-state index is 13.3. The molecule has 0 unspecified atom stereocenters. The van der Waals surface area contributed by atoms with Crippen LogP contribution in [0.15, 0.2) is 67.0 Å². The summed E-state index contributed by atoms with van der Waals surface area (Å²) in [5.74, 6) is 0.131. The molecule has 0 aliphatic carbocycles. The van der Waals surface area contributed by atoms with Crippen LogP contribution in [0.5, 0.6) is 0 Å². The van der Waals surface area contributed by atoms with Crippen LogP contribution in [-0.4, -0.2) is 42.0 Å². The summed E-state index contributed by atoms with van der Waals surface area (Å²) in [4.78, 5) is 24.3. The van der Waals surface area contributed by atoms with Gasteiger partial charge < -0.3 is 14.7 Å². The van der Waals surface area contributed by atoms with Crippen LogP contribution in [0.2, 0.25) is 0 Å². The van der Waals surface area contributed by atoms with Crippen molar-refractivity contribution < 1.29 is 4.79 Å². The van der Waals surface area contributed by atoms with E-state index in [1.54, 1.807) is 0 Å². The number of hydrogen-bond donors (Lipinski definition) is 0. The Morgan fingerprint density at radius 1 is 0.871 bits per heavy atom. The molecule has 0 spiro atoms. The van der Waals surface area contributed by atoms with E-state index in [1.165, 1.54) is 22.4 Å². The minimum absolute atomic E-state index is 0.131. The largest absolute Gasteiger partial charge is 0.369 e. The Bertz CT molecular complexity index is 1070. The van der Waals surface area contributed by atoms with Crippen molar-refractivity contribution in [2.75, 3.05) is 36.0 Å². The van der Waals surface area contributed by atoms with Crippen molar-refractivity contribution in [3.63, 3.8) is 0 Å². The number of hydrogen-bond acceptors (Lipinski definition) is 4. The van der Waals surface area contributed by atoms with Gasteiger partial charge in [-0.1, -0.05) is 30.3 Å². The van der Waals surface area contributed by atoms with Crippen molar-refractivity contribution in [1.29, 1.82) is 0 Å². The minimum Gasteiger partial charge on any atom is -0.369 e. The van der Waals surface area contributed by atoms with Crippen molar-refractivity contribution in [1.82, 2.24) is 9.88 Å². The zero-order chi connectivity index (χ0) is 21.2. The topological polar surface area (TPSA) is 39.7 Å². The lowest BCUT2D eigenvalue weighted by atomic mass is 10.1. The fourth-order valence-corrected chi connectivity index (χ4v) is 4.72. The Hall–Kier alpha value is -3.34. The van der Waals surface area contributed by atoms with Crippen molar-refractivity contribution in [3.8, 4) is 0 Å². The Balaban J connectivity index is 1.29. The quantitative estimate of drug-likeness (QED) is 0.644.